The largest absolute Gasteiger partial charge is 0.344 e. The van der Waals surface area contributed by atoms with Gasteiger partial charge in [0.05, 0.1) is 6.04 Å². The third-order valence-electron chi connectivity index (χ3n) is 3.64. The van der Waals surface area contributed by atoms with Gasteiger partial charge in [-0.05, 0) is 18.8 Å². The van der Waals surface area contributed by atoms with Gasteiger partial charge < -0.3 is 15.0 Å². The van der Waals surface area contributed by atoms with Crippen LogP contribution in [0.1, 0.15) is 47.5 Å². The second kappa shape index (κ2) is 6.37. The van der Waals surface area contributed by atoms with E-state index in [-0.39, 0.29) is 23.8 Å². The van der Waals surface area contributed by atoms with Crippen LogP contribution in [0.4, 0.5) is 0 Å². The molecule has 1 saturated heterocycles. The Bertz CT molecular complexity index is 385. The maximum absolute atomic E-state index is 12.6. The van der Waals surface area contributed by atoms with E-state index in [1.165, 1.54) is 0 Å². The number of rotatable bonds is 4. The molecule has 0 saturated carbocycles. The Morgan fingerprint density at radius 1 is 1.30 bits per heavy atom. The highest BCUT2D eigenvalue weighted by atomic mass is 16.2. The van der Waals surface area contributed by atoms with Crippen molar-refractivity contribution in [3.8, 4) is 0 Å². The Balaban J connectivity index is 2.83. The van der Waals surface area contributed by atoms with Gasteiger partial charge in [-0.25, -0.2) is 0 Å². The van der Waals surface area contributed by atoms with E-state index in [0.717, 1.165) is 12.7 Å². The van der Waals surface area contributed by atoms with Crippen molar-refractivity contribution in [2.75, 3.05) is 6.54 Å². The first-order valence-corrected chi connectivity index (χ1v) is 7.25. The number of nitrogens with one attached hydrogen (secondary N) is 1. The van der Waals surface area contributed by atoms with Crippen molar-refractivity contribution in [1.82, 2.24) is 10.2 Å². The van der Waals surface area contributed by atoms with E-state index in [0.29, 0.717) is 13.0 Å². The predicted molar refractivity (Wildman–Crippen MR) is 77.0 cm³/mol. The lowest BCUT2D eigenvalue weighted by atomic mass is 9.93. The zero-order chi connectivity index (χ0) is 15.5. The van der Waals surface area contributed by atoms with Crippen molar-refractivity contribution in [1.29, 1.82) is 0 Å². The van der Waals surface area contributed by atoms with Crippen molar-refractivity contribution in [3.05, 3.63) is 0 Å². The van der Waals surface area contributed by atoms with Crippen molar-refractivity contribution in [3.63, 3.8) is 0 Å². The van der Waals surface area contributed by atoms with Gasteiger partial charge in [0.1, 0.15) is 12.3 Å². The second-order valence-corrected chi connectivity index (χ2v) is 6.82. The van der Waals surface area contributed by atoms with Gasteiger partial charge in [0.25, 0.3) is 0 Å². The van der Waals surface area contributed by atoms with Crippen LogP contribution in [0.5, 0.6) is 0 Å². The Hall–Kier alpha value is -1.39. The topological polar surface area (TPSA) is 66.5 Å². The molecule has 114 valence electrons. The summed E-state index contributed by atoms with van der Waals surface area (Å²) < 4.78 is 0. The van der Waals surface area contributed by atoms with E-state index in [1.54, 1.807) is 4.90 Å². The van der Waals surface area contributed by atoms with Gasteiger partial charge in [-0.1, -0.05) is 34.6 Å². The monoisotopic (exact) mass is 282 g/mol. The van der Waals surface area contributed by atoms with Gasteiger partial charge in [0.15, 0.2) is 0 Å². The Morgan fingerprint density at radius 2 is 1.90 bits per heavy atom. The highest BCUT2D eigenvalue weighted by Gasteiger charge is 2.36. The SMILES string of the molecule is CC(C)[C@H](NC(=O)C(C)(C)C)C(=O)N1CCC[C@H]1C=O. The fourth-order valence-electron chi connectivity index (χ4n) is 2.26. The summed E-state index contributed by atoms with van der Waals surface area (Å²) in [5.74, 6) is -0.305. The molecule has 5 heteroatoms. The van der Waals surface area contributed by atoms with Gasteiger partial charge in [-0.2, -0.15) is 0 Å². The van der Waals surface area contributed by atoms with Crippen LogP contribution in [0.25, 0.3) is 0 Å². The summed E-state index contributed by atoms with van der Waals surface area (Å²) in [6.45, 7) is 9.84. The summed E-state index contributed by atoms with van der Waals surface area (Å²) >= 11 is 0. The lowest BCUT2D eigenvalue weighted by Gasteiger charge is -2.31. The van der Waals surface area contributed by atoms with Crippen LogP contribution in [-0.2, 0) is 14.4 Å². The van der Waals surface area contributed by atoms with Crippen molar-refractivity contribution in [2.45, 2.75) is 59.5 Å². The highest BCUT2D eigenvalue weighted by molar-refractivity contribution is 5.91. The molecule has 2 amide bonds. The first kappa shape index (κ1) is 16.7. The van der Waals surface area contributed by atoms with E-state index in [9.17, 15) is 14.4 Å². The fraction of sp³-hybridized carbons (Fsp3) is 0.800. The van der Waals surface area contributed by atoms with E-state index >= 15 is 0 Å². The molecule has 5 nitrogen and oxygen atoms in total. The first-order chi connectivity index (χ1) is 9.18. The lowest BCUT2D eigenvalue weighted by Crippen LogP contribution is -2.54. The minimum atomic E-state index is -0.567. The zero-order valence-electron chi connectivity index (χ0n) is 13.1. The molecule has 0 aromatic rings. The van der Waals surface area contributed by atoms with E-state index < -0.39 is 11.5 Å². The van der Waals surface area contributed by atoms with Crippen molar-refractivity contribution in [2.24, 2.45) is 11.3 Å². The average Bonchev–Trinajstić information content (AvgIpc) is 2.81. The Kier molecular flexibility index (Phi) is 5.31. The number of hydrogen-bond acceptors (Lipinski definition) is 3. The highest BCUT2D eigenvalue weighted by Crippen LogP contribution is 2.20. The molecule has 1 rings (SSSR count). The van der Waals surface area contributed by atoms with Crippen LogP contribution in [0.3, 0.4) is 0 Å². The maximum atomic E-state index is 12.6. The molecule has 0 unspecified atom stereocenters. The van der Waals surface area contributed by atoms with Crippen LogP contribution in [-0.4, -0.2) is 41.6 Å². The molecule has 0 aliphatic carbocycles. The minimum Gasteiger partial charge on any atom is -0.344 e. The van der Waals surface area contributed by atoms with Crippen LogP contribution in [0.15, 0.2) is 0 Å². The minimum absolute atomic E-state index is 0.0123. The van der Waals surface area contributed by atoms with Gasteiger partial charge in [-0.3, -0.25) is 9.59 Å². The van der Waals surface area contributed by atoms with E-state index in [2.05, 4.69) is 5.32 Å². The molecule has 0 aromatic carbocycles. The molecule has 1 aliphatic heterocycles. The summed E-state index contributed by atoms with van der Waals surface area (Å²) in [4.78, 5) is 37.3. The standard InChI is InChI=1S/C15H26N2O3/c1-10(2)12(16-14(20)15(3,4)5)13(19)17-8-6-7-11(17)9-18/h9-12H,6-8H2,1-5H3,(H,16,20)/t11-,12-/m0/s1. The molecule has 1 N–H and O–H groups in total. The molecule has 20 heavy (non-hydrogen) atoms. The summed E-state index contributed by atoms with van der Waals surface area (Å²) in [5, 5.41) is 2.83. The normalized spacial score (nSPS) is 20.9. The predicted octanol–water partition coefficient (Wildman–Crippen LogP) is 1.36. The first-order valence-electron chi connectivity index (χ1n) is 7.25. The molecular formula is C15H26N2O3. The quantitative estimate of drug-likeness (QED) is 0.792. The van der Waals surface area contributed by atoms with Crippen LogP contribution >= 0.6 is 0 Å². The Morgan fingerprint density at radius 3 is 2.35 bits per heavy atom. The molecule has 2 atom stereocenters. The second-order valence-electron chi connectivity index (χ2n) is 6.82. The van der Waals surface area contributed by atoms with E-state index in [4.69, 9.17) is 0 Å². The number of likely N-dealkylation sites (tertiary alicyclic amines) is 1. The van der Waals surface area contributed by atoms with E-state index in [1.807, 2.05) is 34.6 Å². The molecule has 1 heterocycles. The molecular weight excluding hydrogens is 256 g/mol. The summed E-state index contributed by atoms with van der Waals surface area (Å²) in [7, 11) is 0. The number of hydrogen-bond donors (Lipinski definition) is 1. The molecule has 0 bridgehead atoms. The van der Waals surface area contributed by atoms with Gasteiger partial charge in [0.2, 0.25) is 11.8 Å². The third-order valence-corrected chi connectivity index (χ3v) is 3.64. The maximum Gasteiger partial charge on any atom is 0.246 e. The summed E-state index contributed by atoms with van der Waals surface area (Å²) in [6.07, 6.45) is 2.38. The molecule has 0 spiro atoms. The number of amides is 2. The average molecular weight is 282 g/mol. The number of nitrogens with zero attached hydrogens (tertiary/aromatic N) is 1. The van der Waals surface area contributed by atoms with Crippen LogP contribution < -0.4 is 5.32 Å². The van der Waals surface area contributed by atoms with Crippen molar-refractivity contribution >= 4 is 18.1 Å². The number of aldehydes is 1. The third kappa shape index (κ3) is 3.81. The number of carbonyl (C=O) groups excluding carboxylic acids is 3. The summed E-state index contributed by atoms with van der Waals surface area (Å²) in [5.41, 5.74) is -0.539. The zero-order valence-corrected chi connectivity index (χ0v) is 13.1. The molecule has 1 fully saturated rings. The fourth-order valence-corrected chi connectivity index (χ4v) is 2.26. The van der Waals surface area contributed by atoms with Crippen LogP contribution in [0.2, 0.25) is 0 Å². The molecule has 0 radical (unpaired) electrons. The lowest BCUT2D eigenvalue weighted by molar-refractivity contribution is -0.141. The van der Waals surface area contributed by atoms with Gasteiger partial charge >= 0.3 is 0 Å². The smallest absolute Gasteiger partial charge is 0.246 e. The molecule has 1 aliphatic rings. The summed E-state index contributed by atoms with van der Waals surface area (Å²) in [6, 6.07) is -0.905. The van der Waals surface area contributed by atoms with Gasteiger partial charge in [-0.15, -0.1) is 0 Å². The van der Waals surface area contributed by atoms with Crippen molar-refractivity contribution < 1.29 is 14.4 Å². The number of carbonyl (C=O) groups is 3. The van der Waals surface area contributed by atoms with Gasteiger partial charge in [0, 0.05) is 12.0 Å². The molecule has 0 aromatic heterocycles. The van der Waals surface area contributed by atoms with Crippen LogP contribution in [0, 0.1) is 11.3 Å². The Labute approximate surface area is 121 Å².